The molecule has 1 atom stereocenters. The summed E-state index contributed by atoms with van der Waals surface area (Å²) in [6.45, 7) is 4.03. The van der Waals surface area contributed by atoms with Crippen molar-refractivity contribution in [3.8, 4) is 5.75 Å². The number of anilines is 1. The summed E-state index contributed by atoms with van der Waals surface area (Å²) in [5.41, 5.74) is 0.235. The number of amides is 1. The number of hydrogen-bond donors (Lipinski definition) is 1. The fourth-order valence-electron chi connectivity index (χ4n) is 4.15. The van der Waals surface area contributed by atoms with E-state index in [9.17, 15) is 27.9 Å². The molecule has 1 heterocycles. The molecule has 1 aliphatic heterocycles. The third-order valence-corrected chi connectivity index (χ3v) is 5.82. The Hall–Kier alpha value is -4.07. The van der Waals surface area contributed by atoms with E-state index in [0.29, 0.717) is 23.5 Å². The molecule has 0 aliphatic carbocycles. The van der Waals surface area contributed by atoms with E-state index in [0.717, 1.165) is 17.0 Å². The van der Waals surface area contributed by atoms with Gasteiger partial charge in [-0.05, 0) is 67.4 Å². The van der Waals surface area contributed by atoms with Gasteiger partial charge in [-0.3, -0.25) is 14.5 Å². The van der Waals surface area contributed by atoms with Crippen molar-refractivity contribution in [3.05, 3.63) is 101 Å². The van der Waals surface area contributed by atoms with Crippen LogP contribution >= 0.6 is 0 Å². The summed E-state index contributed by atoms with van der Waals surface area (Å²) in [7, 11) is 0. The van der Waals surface area contributed by atoms with Crippen LogP contribution in [0.3, 0.4) is 0 Å². The lowest BCUT2D eigenvalue weighted by molar-refractivity contribution is -0.137. The van der Waals surface area contributed by atoms with Crippen LogP contribution in [0.1, 0.15) is 35.2 Å². The Balaban J connectivity index is 1.92. The number of hydrogen-bond acceptors (Lipinski definition) is 4. The molecule has 1 fully saturated rings. The summed E-state index contributed by atoms with van der Waals surface area (Å²) in [5, 5.41) is 11.2. The summed E-state index contributed by atoms with van der Waals surface area (Å²) in [6.07, 6.45) is -4.63. The minimum atomic E-state index is -4.63. The van der Waals surface area contributed by atoms with E-state index < -0.39 is 35.2 Å². The topological polar surface area (TPSA) is 66.8 Å². The Bertz CT molecular complexity index is 1310. The molecule has 0 radical (unpaired) electrons. The second-order valence-electron chi connectivity index (χ2n) is 8.03. The van der Waals surface area contributed by atoms with Crippen molar-refractivity contribution >= 4 is 23.1 Å². The Morgan fingerprint density at radius 2 is 1.69 bits per heavy atom. The van der Waals surface area contributed by atoms with Gasteiger partial charge in [0.1, 0.15) is 11.5 Å². The van der Waals surface area contributed by atoms with Crippen molar-refractivity contribution in [1.29, 1.82) is 0 Å². The van der Waals surface area contributed by atoms with Gasteiger partial charge in [0.05, 0.1) is 23.8 Å². The maximum Gasteiger partial charge on any atom is 0.416 e. The Morgan fingerprint density at radius 1 is 1.00 bits per heavy atom. The van der Waals surface area contributed by atoms with E-state index in [2.05, 4.69) is 0 Å². The first-order valence-corrected chi connectivity index (χ1v) is 10.9. The molecule has 0 spiro atoms. The van der Waals surface area contributed by atoms with Gasteiger partial charge in [-0.25, -0.2) is 0 Å². The number of aliphatic hydroxyl groups excluding tert-OH is 1. The summed E-state index contributed by atoms with van der Waals surface area (Å²) in [6, 6.07) is 16.3. The number of aliphatic hydroxyl groups is 1. The van der Waals surface area contributed by atoms with Gasteiger partial charge in [0.2, 0.25) is 0 Å². The first kappa shape index (κ1) is 24.1. The molecular weight excluding hydrogens is 459 g/mol. The lowest BCUT2D eigenvalue weighted by Gasteiger charge is -2.27. The Labute approximate surface area is 200 Å². The molecule has 4 rings (SSSR count). The zero-order valence-electron chi connectivity index (χ0n) is 19.0. The molecule has 1 saturated heterocycles. The van der Waals surface area contributed by atoms with Crippen LogP contribution in [0.25, 0.3) is 5.76 Å². The van der Waals surface area contributed by atoms with Gasteiger partial charge >= 0.3 is 6.18 Å². The first-order valence-electron chi connectivity index (χ1n) is 10.9. The smallest absolute Gasteiger partial charge is 0.416 e. The van der Waals surface area contributed by atoms with Crippen LogP contribution in [0.15, 0.2) is 78.4 Å². The van der Waals surface area contributed by atoms with E-state index >= 15 is 0 Å². The van der Waals surface area contributed by atoms with Gasteiger partial charge in [-0.2, -0.15) is 13.2 Å². The van der Waals surface area contributed by atoms with Crippen LogP contribution in [-0.2, 0) is 15.8 Å². The van der Waals surface area contributed by atoms with Crippen LogP contribution in [0.5, 0.6) is 5.75 Å². The zero-order chi connectivity index (χ0) is 25.3. The van der Waals surface area contributed by atoms with Gasteiger partial charge in [0.15, 0.2) is 0 Å². The second kappa shape index (κ2) is 9.29. The van der Waals surface area contributed by atoms with Gasteiger partial charge in [0.25, 0.3) is 11.7 Å². The largest absolute Gasteiger partial charge is 0.507 e. The second-order valence-corrected chi connectivity index (χ2v) is 8.03. The van der Waals surface area contributed by atoms with Gasteiger partial charge in [-0.15, -0.1) is 0 Å². The number of carbonyl (C=O) groups is 2. The average Bonchev–Trinajstić information content (AvgIpc) is 3.09. The molecule has 1 aliphatic rings. The standard InChI is InChI=1S/C27H22F3NO4/c1-3-35-20-13-11-17(12-14-20)24(32)22-23(21-10-5-4-7-16(21)2)31(26(34)25(22)33)19-9-6-8-18(15-19)27(28,29)30/h4-15,23,32H,3H2,1-2H3/b24-22+. The van der Waals surface area contributed by atoms with E-state index in [1.807, 2.05) is 6.92 Å². The van der Waals surface area contributed by atoms with E-state index in [-0.39, 0.29) is 16.8 Å². The van der Waals surface area contributed by atoms with Crippen LogP contribution in [0, 0.1) is 6.92 Å². The molecule has 5 nitrogen and oxygen atoms in total. The third kappa shape index (κ3) is 4.51. The van der Waals surface area contributed by atoms with Gasteiger partial charge < -0.3 is 9.84 Å². The SMILES string of the molecule is CCOc1ccc(/C(O)=C2\C(=O)C(=O)N(c3cccc(C(F)(F)F)c3)C2c2ccccc2C)cc1. The molecule has 0 bridgehead atoms. The molecule has 1 unspecified atom stereocenters. The normalized spacial score (nSPS) is 17.6. The molecule has 1 N–H and O–H groups in total. The minimum Gasteiger partial charge on any atom is -0.507 e. The highest BCUT2D eigenvalue weighted by atomic mass is 19.4. The highest BCUT2D eigenvalue weighted by molar-refractivity contribution is 6.51. The van der Waals surface area contributed by atoms with Crippen molar-refractivity contribution in [1.82, 2.24) is 0 Å². The van der Waals surface area contributed by atoms with E-state index in [4.69, 9.17) is 4.74 Å². The summed E-state index contributed by atoms with van der Waals surface area (Å²) in [5.74, 6) is -1.87. The summed E-state index contributed by atoms with van der Waals surface area (Å²) < 4.78 is 45.6. The fraction of sp³-hybridized carbons (Fsp3) is 0.185. The number of aryl methyl sites for hydroxylation is 1. The van der Waals surface area contributed by atoms with Crippen LogP contribution < -0.4 is 9.64 Å². The molecule has 3 aromatic rings. The van der Waals surface area contributed by atoms with Gasteiger partial charge in [-0.1, -0.05) is 30.3 Å². The number of ketones is 1. The van der Waals surface area contributed by atoms with Crippen molar-refractivity contribution in [2.45, 2.75) is 26.1 Å². The molecular formula is C27H22F3NO4. The van der Waals surface area contributed by atoms with Crippen LogP contribution in [0.4, 0.5) is 18.9 Å². The maximum atomic E-state index is 13.4. The van der Waals surface area contributed by atoms with Crippen molar-refractivity contribution in [2.24, 2.45) is 0 Å². The number of benzene rings is 3. The highest BCUT2D eigenvalue weighted by Crippen LogP contribution is 2.44. The average molecular weight is 481 g/mol. The van der Waals surface area contributed by atoms with E-state index in [1.165, 1.54) is 12.1 Å². The molecule has 8 heteroatoms. The monoisotopic (exact) mass is 481 g/mol. The lowest BCUT2D eigenvalue weighted by Crippen LogP contribution is -2.30. The highest BCUT2D eigenvalue weighted by Gasteiger charge is 2.47. The zero-order valence-corrected chi connectivity index (χ0v) is 19.0. The Morgan fingerprint density at radius 3 is 2.31 bits per heavy atom. The number of Topliss-reactive ketones (excluding diaryl/α,β-unsaturated/α-hetero) is 1. The molecule has 0 saturated carbocycles. The van der Waals surface area contributed by atoms with Crippen molar-refractivity contribution in [2.75, 3.05) is 11.5 Å². The molecule has 180 valence electrons. The number of halogens is 3. The molecule has 35 heavy (non-hydrogen) atoms. The Kier molecular flexibility index (Phi) is 6.39. The predicted molar refractivity (Wildman–Crippen MR) is 125 cm³/mol. The molecule has 1 amide bonds. The quantitative estimate of drug-likeness (QED) is 0.274. The van der Waals surface area contributed by atoms with Crippen molar-refractivity contribution < 1.29 is 32.6 Å². The van der Waals surface area contributed by atoms with Crippen LogP contribution in [0.2, 0.25) is 0 Å². The first-order chi connectivity index (χ1) is 16.6. The van der Waals surface area contributed by atoms with Crippen molar-refractivity contribution in [3.63, 3.8) is 0 Å². The van der Waals surface area contributed by atoms with Gasteiger partial charge in [0, 0.05) is 11.3 Å². The lowest BCUT2D eigenvalue weighted by atomic mass is 9.92. The maximum absolute atomic E-state index is 13.4. The number of ether oxygens (including phenoxy) is 1. The predicted octanol–water partition coefficient (Wildman–Crippen LogP) is 6.04. The molecule has 0 aromatic heterocycles. The number of rotatable bonds is 5. The fourth-order valence-corrected chi connectivity index (χ4v) is 4.15. The number of carbonyl (C=O) groups excluding carboxylic acids is 2. The summed E-state index contributed by atoms with van der Waals surface area (Å²) >= 11 is 0. The number of nitrogens with zero attached hydrogens (tertiary/aromatic N) is 1. The minimum absolute atomic E-state index is 0.0964. The van der Waals surface area contributed by atoms with E-state index in [1.54, 1.807) is 55.5 Å². The molecule has 3 aromatic carbocycles. The van der Waals surface area contributed by atoms with Crippen LogP contribution in [-0.4, -0.2) is 23.4 Å². The third-order valence-electron chi connectivity index (χ3n) is 5.82. The number of alkyl halides is 3. The summed E-state index contributed by atoms with van der Waals surface area (Å²) in [4.78, 5) is 27.4.